The van der Waals surface area contributed by atoms with Gasteiger partial charge in [0.05, 0.1) is 0 Å². The predicted molar refractivity (Wildman–Crippen MR) is 36.4 cm³/mol. The molecule has 64 valence electrons. The standard InChI is InChI=1S/C6H12N2O3/c7-6(11)8-4-2-1-3-5(9)10/h1-4H2,(H,9,10)(H3,7,8,11)/p-1. The summed E-state index contributed by atoms with van der Waals surface area (Å²) < 4.78 is 0. The minimum atomic E-state index is -1.07. The first kappa shape index (κ1) is 9.74. The van der Waals surface area contributed by atoms with Gasteiger partial charge >= 0.3 is 6.03 Å². The Kier molecular flexibility index (Phi) is 4.89. The van der Waals surface area contributed by atoms with Crippen molar-refractivity contribution < 1.29 is 14.7 Å². The number of hydrogen-bond donors (Lipinski definition) is 2. The van der Waals surface area contributed by atoms with Crippen LogP contribution in [0.2, 0.25) is 0 Å². The monoisotopic (exact) mass is 159 g/mol. The number of primary amides is 1. The van der Waals surface area contributed by atoms with Crippen LogP contribution in [0.3, 0.4) is 0 Å². The maximum Gasteiger partial charge on any atom is 0.312 e. The van der Waals surface area contributed by atoms with Gasteiger partial charge in [0.25, 0.3) is 0 Å². The van der Waals surface area contributed by atoms with Crippen LogP contribution in [-0.4, -0.2) is 18.5 Å². The predicted octanol–water partition coefficient (Wildman–Crippen LogP) is -1.43. The summed E-state index contributed by atoms with van der Waals surface area (Å²) in [6.45, 7) is 0.419. The number of urea groups is 1. The summed E-state index contributed by atoms with van der Waals surface area (Å²) >= 11 is 0. The van der Waals surface area contributed by atoms with E-state index in [1.165, 1.54) is 0 Å². The van der Waals surface area contributed by atoms with Crippen molar-refractivity contribution >= 4 is 12.0 Å². The lowest BCUT2D eigenvalue weighted by atomic mass is 10.2. The van der Waals surface area contributed by atoms with E-state index in [1.54, 1.807) is 0 Å². The van der Waals surface area contributed by atoms with E-state index in [9.17, 15) is 14.7 Å². The third kappa shape index (κ3) is 8.74. The van der Waals surface area contributed by atoms with Gasteiger partial charge in [0.15, 0.2) is 0 Å². The van der Waals surface area contributed by atoms with Gasteiger partial charge in [-0.15, -0.1) is 0 Å². The van der Waals surface area contributed by atoms with Crippen LogP contribution in [0.5, 0.6) is 0 Å². The van der Waals surface area contributed by atoms with Crippen LogP contribution in [0.1, 0.15) is 19.3 Å². The van der Waals surface area contributed by atoms with Gasteiger partial charge in [0.2, 0.25) is 0 Å². The van der Waals surface area contributed by atoms with Crippen molar-refractivity contribution in [2.24, 2.45) is 5.73 Å². The Balaban J connectivity index is 3.03. The average Bonchev–Trinajstić information content (AvgIpc) is 1.85. The Hall–Kier alpha value is -1.26. The SMILES string of the molecule is NC(=O)NCCCCC(=O)[O-]. The van der Waals surface area contributed by atoms with Crippen molar-refractivity contribution in [3.8, 4) is 0 Å². The van der Waals surface area contributed by atoms with E-state index in [0.29, 0.717) is 19.4 Å². The number of carbonyl (C=O) groups is 2. The normalized spacial score (nSPS) is 9.09. The van der Waals surface area contributed by atoms with Gasteiger partial charge in [-0.05, 0) is 19.3 Å². The Bertz CT molecular complexity index is 131. The van der Waals surface area contributed by atoms with Gasteiger partial charge < -0.3 is 21.0 Å². The number of amides is 2. The van der Waals surface area contributed by atoms with E-state index in [4.69, 9.17) is 5.73 Å². The van der Waals surface area contributed by atoms with E-state index >= 15 is 0 Å². The Labute approximate surface area is 64.6 Å². The average molecular weight is 159 g/mol. The zero-order valence-electron chi connectivity index (χ0n) is 6.13. The summed E-state index contributed by atoms with van der Waals surface area (Å²) in [6, 6.07) is -0.585. The Morgan fingerprint density at radius 2 is 2.00 bits per heavy atom. The number of carboxylic acids is 1. The van der Waals surface area contributed by atoms with Crippen molar-refractivity contribution in [2.45, 2.75) is 19.3 Å². The lowest BCUT2D eigenvalue weighted by molar-refractivity contribution is -0.305. The molecule has 11 heavy (non-hydrogen) atoms. The summed E-state index contributed by atoms with van der Waals surface area (Å²) in [5.41, 5.74) is 4.76. The van der Waals surface area contributed by atoms with Gasteiger partial charge in [-0.2, -0.15) is 0 Å². The van der Waals surface area contributed by atoms with E-state index < -0.39 is 12.0 Å². The largest absolute Gasteiger partial charge is 0.550 e. The first-order valence-corrected chi connectivity index (χ1v) is 3.36. The number of carboxylic acid groups (broad SMARTS) is 1. The highest BCUT2D eigenvalue weighted by Crippen LogP contribution is 1.91. The molecule has 3 N–H and O–H groups in total. The summed E-state index contributed by atoms with van der Waals surface area (Å²) in [6.07, 6.45) is 1.14. The highest BCUT2D eigenvalue weighted by atomic mass is 16.4. The number of aliphatic carboxylic acids is 1. The van der Waals surface area contributed by atoms with Crippen molar-refractivity contribution in [3.63, 3.8) is 0 Å². The second kappa shape index (κ2) is 5.52. The van der Waals surface area contributed by atoms with Gasteiger partial charge in [-0.25, -0.2) is 4.79 Å². The van der Waals surface area contributed by atoms with Crippen LogP contribution < -0.4 is 16.2 Å². The molecule has 0 saturated carbocycles. The first-order chi connectivity index (χ1) is 5.13. The Morgan fingerprint density at radius 3 is 2.45 bits per heavy atom. The van der Waals surface area contributed by atoms with E-state index in [0.717, 1.165) is 0 Å². The third-order valence-electron chi connectivity index (χ3n) is 1.11. The fourth-order valence-corrected chi connectivity index (χ4v) is 0.606. The molecule has 0 atom stereocenters. The molecule has 0 heterocycles. The minimum Gasteiger partial charge on any atom is -0.550 e. The second-order valence-electron chi connectivity index (χ2n) is 2.12. The smallest absolute Gasteiger partial charge is 0.312 e. The number of unbranched alkanes of at least 4 members (excludes halogenated alkanes) is 1. The molecule has 0 aliphatic rings. The molecule has 0 aromatic carbocycles. The molecular formula is C6H11N2O3-. The first-order valence-electron chi connectivity index (χ1n) is 3.36. The van der Waals surface area contributed by atoms with E-state index in [2.05, 4.69) is 5.32 Å². The molecule has 0 aliphatic carbocycles. The number of carbonyl (C=O) groups excluding carboxylic acids is 2. The number of nitrogens with one attached hydrogen (secondary N) is 1. The number of nitrogens with two attached hydrogens (primary N) is 1. The molecule has 0 unspecified atom stereocenters. The van der Waals surface area contributed by atoms with E-state index in [-0.39, 0.29) is 6.42 Å². The lowest BCUT2D eigenvalue weighted by Crippen LogP contribution is -2.30. The highest BCUT2D eigenvalue weighted by molar-refractivity contribution is 5.71. The molecule has 5 heteroatoms. The summed E-state index contributed by atoms with van der Waals surface area (Å²) in [5, 5.41) is 12.2. The molecule has 0 fully saturated rings. The zero-order valence-corrected chi connectivity index (χ0v) is 6.13. The van der Waals surface area contributed by atoms with Crippen LogP contribution in [0.4, 0.5) is 4.79 Å². The molecule has 0 aromatic heterocycles. The van der Waals surface area contributed by atoms with Crippen LogP contribution in [0, 0.1) is 0 Å². The van der Waals surface area contributed by atoms with Crippen LogP contribution in [0.25, 0.3) is 0 Å². The summed E-state index contributed by atoms with van der Waals surface area (Å²) in [5.74, 6) is -1.07. The van der Waals surface area contributed by atoms with Crippen molar-refractivity contribution in [3.05, 3.63) is 0 Å². The summed E-state index contributed by atoms with van der Waals surface area (Å²) in [7, 11) is 0. The van der Waals surface area contributed by atoms with Crippen molar-refractivity contribution in [1.29, 1.82) is 0 Å². The van der Waals surface area contributed by atoms with Gasteiger partial charge in [0.1, 0.15) is 0 Å². The number of hydrogen-bond acceptors (Lipinski definition) is 3. The third-order valence-corrected chi connectivity index (χ3v) is 1.11. The van der Waals surface area contributed by atoms with Gasteiger partial charge in [-0.3, -0.25) is 0 Å². The molecular weight excluding hydrogens is 148 g/mol. The van der Waals surface area contributed by atoms with Crippen LogP contribution >= 0.6 is 0 Å². The summed E-state index contributed by atoms with van der Waals surface area (Å²) in [4.78, 5) is 20.0. The fraction of sp³-hybridized carbons (Fsp3) is 0.667. The number of rotatable bonds is 5. The second-order valence-corrected chi connectivity index (χ2v) is 2.12. The molecule has 0 spiro atoms. The fourth-order valence-electron chi connectivity index (χ4n) is 0.606. The van der Waals surface area contributed by atoms with Gasteiger partial charge in [-0.1, -0.05) is 0 Å². The molecule has 0 aliphatic heterocycles. The van der Waals surface area contributed by atoms with Crippen molar-refractivity contribution in [1.82, 2.24) is 5.32 Å². The lowest BCUT2D eigenvalue weighted by Gasteiger charge is -2.01. The Morgan fingerprint density at radius 1 is 1.36 bits per heavy atom. The van der Waals surface area contributed by atoms with E-state index in [1.807, 2.05) is 0 Å². The van der Waals surface area contributed by atoms with Crippen molar-refractivity contribution in [2.75, 3.05) is 6.54 Å². The molecule has 0 radical (unpaired) electrons. The maximum absolute atomic E-state index is 10.1. The highest BCUT2D eigenvalue weighted by Gasteiger charge is 1.91. The van der Waals surface area contributed by atoms with Gasteiger partial charge in [0, 0.05) is 12.5 Å². The minimum absolute atomic E-state index is 0.0282. The molecule has 2 amide bonds. The molecule has 0 aromatic rings. The maximum atomic E-state index is 10.1. The van der Waals surface area contributed by atoms with Crippen LogP contribution in [0.15, 0.2) is 0 Å². The molecule has 0 saturated heterocycles. The topological polar surface area (TPSA) is 95.2 Å². The molecule has 5 nitrogen and oxygen atoms in total. The zero-order chi connectivity index (χ0) is 8.69. The van der Waals surface area contributed by atoms with Crippen LogP contribution in [-0.2, 0) is 4.79 Å². The quantitative estimate of drug-likeness (QED) is 0.481. The molecule has 0 bridgehead atoms. The molecule has 0 rings (SSSR count).